The van der Waals surface area contributed by atoms with Crippen LogP contribution in [0.1, 0.15) is 42.3 Å². The van der Waals surface area contributed by atoms with Gasteiger partial charge in [-0.1, -0.05) is 0 Å². The van der Waals surface area contributed by atoms with Gasteiger partial charge in [-0.2, -0.15) is 0 Å². The molecule has 1 aliphatic rings. The van der Waals surface area contributed by atoms with Gasteiger partial charge >= 0.3 is 5.97 Å². The monoisotopic (exact) mass is 369 g/mol. The van der Waals surface area contributed by atoms with Crippen LogP contribution in [0.3, 0.4) is 0 Å². The molecule has 0 saturated carbocycles. The van der Waals surface area contributed by atoms with Crippen molar-refractivity contribution in [3.05, 3.63) is 53.1 Å². The van der Waals surface area contributed by atoms with Crippen molar-refractivity contribution in [1.29, 1.82) is 0 Å². The normalized spacial score (nSPS) is 14.9. The molecule has 2 aromatic rings. The van der Waals surface area contributed by atoms with Gasteiger partial charge in [0, 0.05) is 30.2 Å². The fourth-order valence-corrected chi connectivity index (χ4v) is 3.00. The summed E-state index contributed by atoms with van der Waals surface area (Å²) in [6.07, 6.45) is 0.977. The third-order valence-electron chi connectivity index (χ3n) is 4.18. The molecule has 0 aromatic heterocycles. The van der Waals surface area contributed by atoms with Crippen LogP contribution >= 0.6 is 0 Å². The number of rotatable bonds is 6. The average Bonchev–Trinajstić information content (AvgIpc) is 2.98. The van der Waals surface area contributed by atoms with Crippen LogP contribution in [-0.4, -0.2) is 24.6 Å². The standard InChI is InChI=1S/C21H23NO5/c1-4-25-19-10-16-9-13(2)27-20(16)11-17(19)12-26-21(24)15-5-7-18(8-6-15)22-14(3)23/h5-8,10-11,13H,4,9,12H2,1-3H3,(H,22,23)/t13-/m0/s1. The molecule has 1 heterocycles. The minimum absolute atomic E-state index is 0.0899. The van der Waals surface area contributed by atoms with Crippen LogP contribution in [0.2, 0.25) is 0 Å². The summed E-state index contributed by atoms with van der Waals surface area (Å²) in [5.74, 6) is 0.919. The first kappa shape index (κ1) is 18.8. The first-order chi connectivity index (χ1) is 13.0. The Balaban J connectivity index is 1.69. The van der Waals surface area contributed by atoms with E-state index in [2.05, 4.69) is 5.32 Å². The van der Waals surface area contributed by atoms with E-state index in [0.29, 0.717) is 23.6 Å². The number of nitrogens with one attached hydrogen (secondary N) is 1. The number of anilines is 1. The summed E-state index contributed by atoms with van der Waals surface area (Å²) < 4.78 is 16.9. The van der Waals surface area contributed by atoms with Gasteiger partial charge in [0.05, 0.1) is 12.2 Å². The van der Waals surface area contributed by atoms with Gasteiger partial charge in [0.15, 0.2) is 0 Å². The van der Waals surface area contributed by atoms with E-state index < -0.39 is 5.97 Å². The number of hydrogen-bond acceptors (Lipinski definition) is 5. The molecular weight excluding hydrogens is 346 g/mol. The molecule has 3 rings (SSSR count). The van der Waals surface area contributed by atoms with Crippen molar-refractivity contribution >= 4 is 17.6 Å². The molecule has 2 aromatic carbocycles. The molecule has 0 aliphatic carbocycles. The lowest BCUT2D eigenvalue weighted by Gasteiger charge is -2.13. The number of fused-ring (bicyclic) bond motifs is 1. The van der Waals surface area contributed by atoms with Crippen LogP contribution in [0.15, 0.2) is 36.4 Å². The zero-order chi connectivity index (χ0) is 19.4. The van der Waals surface area contributed by atoms with E-state index in [1.165, 1.54) is 6.92 Å². The zero-order valence-corrected chi connectivity index (χ0v) is 15.7. The molecule has 0 spiro atoms. The third kappa shape index (κ3) is 4.58. The average molecular weight is 369 g/mol. The summed E-state index contributed by atoms with van der Waals surface area (Å²) in [6, 6.07) is 10.4. The van der Waals surface area contributed by atoms with Gasteiger partial charge in [0.2, 0.25) is 5.91 Å². The molecule has 1 atom stereocenters. The van der Waals surface area contributed by atoms with Crippen LogP contribution in [0.4, 0.5) is 5.69 Å². The lowest BCUT2D eigenvalue weighted by atomic mass is 10.1. The van der Waals surface area contributed by atoms with Gasteiger partial charge in [-0.25, -0.2) is 4.79 Å². The predicted molar refractivity (Wildman–Crippen MR) is 101 cm³/mol. The maximum atomic E-state index is 12.3. The quantitative estimate of drug-likeness (QED) is 0.786. The number of esters is 1. The second kappa shape index (κ2) is 8.12. The van der Waals surface area contributed by atoms with E-state index >= 15 is 0 Å². The molecular formula is C21H23NO5. The fourth-order valence-electron chi connectivity index (χ4n) is 3.00. The van der Waals surface area contributed by atoms with Gasteiger partial charge < -0.3 is 19.5 Å². The number of amides is 1. The summed E-state index contributed by atoms with van der Waals surface area (Å²) in [4.78, 5) is 23.4. The smallest absolute Gasteiger partial charge is 0.338 e. The molecule has 1 amide bonds. The van der Waals surface area contributed by atoms with E-state index in [0.717, 1.165) is 23.3 Å². The zero-order valence-electron chi connectivity index (χ0n) is 15.7. The van der Waals surface area contributed by atoms with Crippen LogP contribution in [-0.2, 0) is 22.6 Å². The Hall–Kier alpha value is -3.02. The van der Waals surface area contributed by atoms with Crippen LogP contribution in [0.25, 0.3) is 0 Å². The molecule has 6 nitrogen and oxygen atoms in total. The topological polar surface area (TPSA) is 73.9 Å². The number of hydrogen-bond donors (Lipinski definition) is 1. The van der Waals surface area contributed by atoms with E-state index in [1.54, 1.807) is 24.3 Å². The Bertz CT molecular complexity index is 844. The van der Waals surface area contributed by atoms with Crippen LogP contribution < -0.4 is 14.8 Å². The van der Waals surface area contributed by atoms with E-state index in [1.807, 2.05) is 26.0 Å². The molecule has 6 heteroatoms. The highest BCUT2D eigenvalue weighted by molar-refractivity contribution is 5.92. The van der Waals surface area contributed by atoms with Crippen LogP contribution in [0, 0.1) is 0 Å². The lowest BCUT2D eigenvalue weighted by molar-refractivity contribution is -0.114. The minimum Gasteiger partial charge on any atom is -0.493 e. The largest absolute Gasteiger partial charge is 0.493 e. The first-order valence-corrected chi connectivity index (χ1v) is 8.96. The number of benzene rings is 2. The van der Waals surface area contributed by atoms with E-state index in [-0.39, 0.29) is 18.6 Å². The van der Waals surface area contributed by atoms with Gasteiger partial charge in [0.1, 0.15) is 24.2 Å². The van der Waals surface area contributed by atoms with Gasteiger partial charge in [-0.15, -0.1) is 0 Å². The highest BCUT2D eigenvalue weighted by Gasteiger charge is 2.22. The second-order valence-electron chi connectivity index (χ2n) is 6.47. The molecule has 1 aliphatic heterocycles. The van der Waals surface area contributed by atoms with E-state index in [4.69, 9.17) is 14.2 Å². The van der Waals surface area contributed by atoms with Crippen molar-refractivity contribution in [3.8, 4) is 11.5 Å². The Morgan fingerprint density at radius 1 is 1.22 bits per heavy atom. The maximum absolute atomic E-state index is 12.3. The van der Waals surface area contributed by atoms with Crippen molar-refractivity contribution in [2.24, 2.45) is 0 Å². The highest BCUT2D eigenvalue weighted by Crippen LogP contribution is 2.35. The summed E-state index contributed by atoms with van der Waals surface area (Å²) in [6.45, 7) is 5.98. The van der Waals surface area contributed by atoms with Crippen molar-refractivity contribution in [3.63, 3.8) is 0 Å². The second-order valence-corrected chi connectivity index (χ2v) is 6.47. The Morgan fingerprint density at radius 2 is 1.96 bits per heavy atom. The summed E-state index contributed by atoms with van der Waals surface area (Å²) >= 11 is 0. The molecule has 1 N–H and O–H groups in total. The maximum Gasteiger partial charge on any atom is 0.338 e. The SMILES string of the molecule is CCOc1cc2c(cc1COC(=O)c1ccc(NC(C)=O)cc1)O[C@@H](C)C2. The van der Waals surface area contributed by atoms with Gasteiger partial charge in [-0.05, 0) is 50.2 Å². The third-order valence-corrected chi connectivity index (χ3v) is 4.18. The van der Waals surface area contributed by atoms with Gasteiger partial charge in [0.25, 0.3) is 0 Å². The Morgan fingerprint density at radius 3 is 2.63 bits per heavy atom. The molecule has 27 heavy (non-hydrogen) atoms. The molecule has 0 saturated heterocycles. The predicted octanol–water partition coefficient (Wildman–Crippen LogP) is 3.72. The summed E-state index contributed by atoms with van der Waals surface area (Å²) in [5.41, 5.74) is 2.91. The number of carbonyl (C=O) groups is 2. The van der Waals surface area contributed by atoms with E-state index in [9.17, 15) is 9.59 Å². The summed E-state index contributed by atoms with van der Waals surface area (Å²) in [5, 5.41) is 2.66. The molecule has 0 bridgehead atoms. The summed E-state index contributed by atoms with van der Waals surface area (Å²) in [7, 11) is 0. The first-order valence-electron chi connectivity index (χ1n) is 8.96. The highest BCUT2D eigenvalue weighted by atomic mass is 16.5. The number of ether oxygens (including phenoxy) is 3. The van der Waals surface area contributed by atoms with Crippen molar-refractivity contribution < 1.29 is 23.8 Å². The van der Waals surface area contributed by atoms with Crippen LogP contribution in [0.5, 0.6) is 11.5 Å². The Kier molecular flexibility index (Phi) is 5.64. The molecule has 0 fully saturated rings. The van der Waals surface area contributed by atoms with Crippen molar-refractivity contribution in [2.45, 2.75) is 39.9 Å². The van der Waals surface area contributed by atoms with Crippen molar-refractivity contribution in [1.82, 2.24) is 0 Å². The lowest BCUT2D eigenvalue weighted by Crippen LogP contribution is -2.08. The fraction of sp³-hybridized carbons (Fsp3) is 0.333. The number of carbonyl (C=O) groups excluding carboxylic acids is 2. The Labute approximate surface area is 158 Å². The molecule has 142 valence electrons. The minimum atomic E-state index is -0.443. The molecule has 0 unspecified atom stereocenters. The van der Waals surface area contributed by atoms with Crippen molar-refractivity contribution in [2.75, 3.05) is 11.9 Å². The molecule has 0 radical (unpaired) electrons. The van der Waals surface area contributed by atoms with Gasteiger partial charge in [-0.3, -0.25) is 4.79 Å².